The van der Waals surface area contributed by atoms with Gasteiger partial charge in [0.05, 0.1) is 12.7 Å². The molecule has 0 unspecified atom stereocenters. The summed E-state index contributed by atoms with van der Waals surface area (Å²) < 4.78 is 4.07. The Bertz CT molecular complexity index is 971. The highest BCUT2D eigenvalue weighted by atomic mass is 32.2. The molecule has 5 heterocycles. The number of hydrogen-bond acceptors (Lipinski definition) is 8. The molecule has 3 aliphatic heterocycles. The van der Waals surface area contributed by atoms with Gasteiger partial charge in [-0.1, -0.05) is 70.6 Å². The van der Waals surface area contributed by atoms with E-state index >= 15 is 0 Å². The number of thiophene rings is 2. The summed E-state index contributed by atoms with van der Waals surface area (Å²) in [5, 5.41) is 13.0. The van der Waals surface area contributed by atoms with Crippen molar-refractivity contribution in [1.29, 1.82) is 0 Å². The molecule has 8 heteroatoms. The molecule has 0 fully saturated rings. The second kappa shape index (κ2) is 9.39. The molecule has 5 rings (SSSR count). The van der Waals surface area contributed by atoms with E-state index < -0.39 is 0 Å². The predicted molar refractivity (Wildman–Crippen MR) is 144 cm³/mol. The van der Waals surface area contributed by atoms with E-state index in [4.69, 9.17) is 0 Å². The van der Waals surface area contributed by atoms with Crippen molar-refractivity contribution in [3.8, 4) is 0 Å². The lowest BCUT2D eigenvalue weighted by Crippen LogP contribution is -1.82. The molecule has 0 bridgehead atoms. The van der Waals surface area contributed by atoms with Gasteiger partial charge in [-0.2, -0.15) is 0 Å². The molecule has 0 atom stereocenters. The van der Waals surface area contributed by atoms with Gasteiger partial charge in [0, 0.05) is 25.1 Å². The van der Waals surface area contributed by atoms with Gasteiger partial charge in [-0.25, -0.2) is 0 Å². The van der Waals surface area contributed by atoms with Crippen LogP contribution >= 0.6 is 93.2 Å². The number of thioether (sulfide) groups is 6. The third-order valence-electron chi connectivity index (χ3n) is 3.72. The lowest BCUT2D eigenvalue weighted by Gasteiger charge is -2.06. The van der Waals surface area contributed by atoms with E-state index in [1.807, 2.05) is 46.2 Å². The Labute approximate surface area is 198 Å². The van der Waals surface area contributed by atoms with E-state index in [0.29, 0.717) is 0 Å². The SMILES string of the molecule is C1=CSC(=Cc2ccc(C(=C3SC=CS3)c3ccc(C=C4SC=CS4)s3)s2)S1. The van der Waals surface area contributed by atoms with Crippen LogP contribution < -0.4 is 0 Å². The lowest BCUT2D eigenvalue weighted by atomic mass is 10.2. The number of hydrogen-bond donors (Lipinski definition) is 0. The Morgan fingerprint density at radius 2 is 0.964 bits per heavy atom. The van der Waals surface area contributed by atoms with Crippen LogP contribution in [-0.4, -0.2) is 0 Å². The summed E-state index contributed by atoms with van der Waals surface area (Å²) in [6, 6.07) is 9.05. The van der Waals surface area contributed by atoms with Crippen molar-refractivity contribution in [3.63, 3.8) is 0 Å². The van der Waals surface area contributed by atoms with Gasteiger partial charge in [-0.3, -0.25) is 0 Å². The first-order chi connectivity index (χ1) is 13.8. The summed E-state index contributed by atoms with van der Waals surface area (Å²) in [5.41, 5.74) is 1.37. The van der Waals surface area contributed by atoms with Crippen LogP contribution in [0, 0.1) is 0 Å². The minimum absolute atomic E-state index is 1.32. The Hall–Kier alpha value is -0.0600. The molecule has 0 nitrogen and oxygen atoms in total. The molecule has 0 saturated carbocycles. The second-order valence-electron chi connectivity index (χ2n) is 5.52. The maximum absolute atomic E-state index is 2.30. The monoisotopic (exact) mass is 508 g/mol. The smallest absolute Gasteiger partial charge is 0.0587 e. The fourth-order valence-corrected chi connectivity index (χ4v) is 10.5. The summed E-state index contributed by atoms with van der Waals surface area (Å²) in [6.45, 7) is 0. The van der Waals surface area contributed by atoms with Crippen LogP contribution in [0.4, 0.5) is 0 Å². The van der Waals surface area contributed by atoms with Crippen molar-refractivity contribution in [2.45, 2.75) is 0 Å². The quantitative estimate of drug-likeness (QED) is 0.400. The summed E-state index contributed by atoms with van der Waals surface area (Å²) in [4.78, 5) is 5.32. The lowest BCUT2D eigenvalue weighted by molar-refractivity contribution is 1.79. The standard InChI is InChI=1S/C20H12S8/c1-3-15(27-13(1)11-17-21-5-6-22-17)19(20-25-9-10-26-20)16-4-2-14(28-16)12-18-23-7-8-24-18/h1-12H. The number of rotatable bonds is 4. The fraction of sp³-hybridized carbons (Fsp3) is 0. The van der Waals surface area contributed by atoms with E-state index in [9.17, 15) is 0 Å². The van der Waals surface area contributed by atoms with Gasteiger partial charge < -0.3 is 0 Å². The van der Waals surface area contributed by atoms with Crippen molar-refractivity contribution < 1.29 is 0 Å². The first-order valence-electron chi connectivity index (χ1n) is 8.18. The molecular weight excluding hydrogens is 497 g/mol. The summed E-state index contributed by atoms with van der Waals surface area (Å²) >= 11 is 14.6. The van der Waals surface area contributed by atoms with Crippen LogP contribution in [0.15, 0.2) is 69.4 Å². The van der Waals surface area contributed by atoms with Crippen LogP contribution in [0.1, 0.15) is 19.5 Å². The predicted octanol–water partition coefficient (Wildman–Crippen LogP) is 9.98. The van der Waals surface area contributed by atoms with Crippen LogP contribution in [0.3, 0.4) is 0 Å². The summed E-state index contributed by atoms with van der Waals surface area (Å²) in [6.07, 6.45) is 4.59. The van der Waals surface area contributed by atoms with Crippen LogP contribution in [0.5, 0.6) is 0 Å². The van der Waals surface area contributed by atoms with Gasteiger partial charge in [0.2, 0.25) is 0 Å². The van der Waals surface area contributed by atoms with E-state index in [2.05, 4.69) is 68.9 Å². The van der Waals surface area contributed by atoms with Crippen molar-refractivity contribution in [3.05, 3.63) is 88.9 Å². The maximum atomic E-state index is 2.30. The maximum Gasteiger partial charge on any atom is 0.0587 e. The third-order valence-corrected chi connectivity index (χ3v) is 11.9. The van der Waals surface area contributed by atoms with Crippen LogP contribution in [-0.2, 0) is 0 Å². The normalized spacial score (nSPS) is 17.9. The van der Waals surface area contributed by atoms with E-state index in [0.717, 1.165) is 0 Å². The highest BCUT2D eigenvalue weighted by molar-refractivity contribution is 8.28. The highest BCUT2D eigenvalue weighted by Crippen LogP contribution is 2.49. The molecule has 0 radical (unpaired) electrons. The molecule has 0 saturated heterocycles. The van der Waals surface area contributed by atoms with Gasteiger partial charge in [0.15, 0.2) is 0 Å². The van der Waals surface area contributed by atoms with Crippen molar-refractivity contribution in [1.82, 2.24) is 0 Å². The van der Waals surface area contributed by atoms with Crippen molar-refractivity contribution >= 4 is 111 Å². The molecule has 0 N–H and O–H groups in total. The van der Waals surface area contributed by atoms with Crippen molar-refractivity contribution in [2.24, 2.45) is 0 Å². The third kappa shape index (κ3) is 4.64. The molecule has 28 heavy (non-hydrogen) atoms. The first-order valence-corrected chi connectivity index (χ1v) is 15.1. The van der Waals surface area contributed by atoms with Gasteiger partial charge in [0.1, 0.15) is 0 Å². The Morgan fingerprint density at radius 3 is 1.43 bits per heavy atom. The zero-order valence-electron chi connectivity index (χ0n) is 14.2. The van der Waals surface area contributed by atoms with E-state index in [1.165, 1.54) is 37.8 Å². The fourth-order valence-electron chi connectivity index (χ4n) is 2.58. The summed E-state index contributed by atoms with van der Waals surface area (Å²) in [5.74, 6) is 0. The molecule has 0 aromatic carbocycles. The topological polar surface area (TPSA) is 0 Å². The summed E-state index contributed by atoms with van der Waals surface area (Å²) in [7, 11) is 0. The minimum Gasteiger partial charge on any atom is -0.136 e. The van der Waals surface area contributed by atoms with Gasteiger partial charge in [-0.05, 0) is 68.9 Å². The minimum atomic E-state index is 1.32. The van der Waals surface area contributed by atoms with Crippen LogP contribution in [0.2, 0.25) is 0 Å². The molecule has 3 aliphatic rings. The van der Waals surface area contributed by atoms with Gasteiger partial charge >= 0.3 is 0 Å². The van der Waals surface area contributed by atoms with Crippen molar-refractivity contribution in [2.75, 3.05) is 0 Å². The van der Waals surface area contributed by atoms with Gasteiger partial charge in [0.25, 0.3) is 0 Å². The molecule has 2 aromatic rings. The average molecular weight is 509 g/mol. The molecule has 2 aromatic heterocycles. The first kappa shape index (κ1) is 19.9. The zero-order chi connectivity index (χ0) is 18.8. The van der Waals surface area contributed by atoms with E-state index in [1.54, 1.807) is 47.0 Å². The average Bonchev–Trinajstić information content (AvgIpc) is 3.51. The largest absolute Gasteiger partial charge is 0.136 e. The van der Waals surface area contributed by atoms with Crippen LogP contribution in [0.25, 0.3) is 17.7 Å². The zero-order valence-corrected chi connectivity index (χ0v) is 20.7. The molecule has 0 spiro atoms. The molecular formula is C20H12S8. The Balaban J connectivity index is 1.47. The Kier molecular flexibility index (Phi) is 6.67. The highest BCUT2D eigenvalue weighted by Gasteiger charge is 2.18. The van der Waals surface area contributed by atoms with E-state index in [-0.39, 0.29) is 0 Å². The molecule has 0 amide bonds. The van der Waals surface area contributed by atoms with Gasteiger partial charge in [-0.15, -0.1) is 22.7 Å². The molecule has 0 aliphatic carbocycles. The Morgan fingerprint density at radius 1 is 0.536 bits per heavy atom. The molecule has 140 valence electrons. The second-order valence-corrected chi connectivity index (χ2v) is 14.1.